The van der Waals surface area contributed by atoms with Crippen molar-refractivity contribution in [3.63, 3.8) is 0 Å². The number of allylic oxidation sites excluding steroid dienone is 1. The predicted molar refractivity (Wildman–Crippen MR) is 139 cm³/mol. The highest BCUT2D eigenvalue weighted by atomic mass is 35.5. The lowest BCUT2D eigenvalue weighted by atomic mass is 10.0. The van der Waals surface area contributed by atoms with Crippen molar-refractivity contribution in [2.75, 3.05) is 11.1 Å². The van der Waals surface area contributed by atoms with Crippen LogP contribution in [0.2, 0.25) is 10.0 Å². The minimum Gasteiger partial charge on any atom is -0.485 e. The summed E-state index contributed by atoms with van der Waals surface area (Å²) < 4.78 is 7.98. The lowest BCUT2D eigenvalue weighted by Crippen LogP contribution is -2.15. The van der Waals surface area contributed by atoms with Gasteiger partial charge >= 0.3 is 0 Å². The van der Waals surface area contributed by atoms with Crippen molar-refractivity contribution in [3.05, 3.63) is 88.7 Å². The molecule has 0 saturated carbocycles. The molecule has 0 aliphatic carbocycles. The van der Waals surface area contributed by atoms with Gasteiger partial charge in [-0.1, -0.05) is 71.4 Å². The molecule has 1 aromatic heterocycles. The number of anilines is 1. The maximum atomic E-state index is 12.4. The molecule has 34 heavy (non-hydrogen) atoms. The van der Waals surface area contributed by atoms with E-state index in [1.165, 1.54) is 17.1 Å². The number of halogens is 2. The summed E-state index contributed by atoms with van der Waals surface area (Å²) in [4.78, 5) is 12.4. The number of thioether (sulfide) groups is 1. The number of ether oxygens (including phenoxy) is 1. The van der Waals surface area contributed by atoms with Crippen LogP contribution in [0.15, 0.2) is 72.4 Å². The van der Waals surface area contributed by atoms with Crippen molar-refractivity contribution in [2.45, 2.75) is 25.2 Å². The highest BCUT2D eigenvalue weighted by molar-refractivity contribution is 7.99. The van der Waals surface area contributed by atoms with E-state index in [-0.39, 0.29) is 18.3 Å². The zero-order valence-electron chi connectivity index (χ0n) is 18.4. The van der Waals surface area contributed by atoms with Gasteiger partial charge in [0, 0.05) is 12.2 Å². The number of hydrogen-bond acceptors (Lipinski definition) is 5. The van der Waals surface area contributed by atoms with Gasteiger partial charge in [0.15, 0.2) is 11.0 Å². The zero-order valence-corrected chi connectivity index (χ0v) is 20.8. The van der Waals surface area contributed by atoms with Crippen LogP contribution in [0, 0.1) is 6.92 Å². The summed E-state index contributed by atoms with van der Waals surface area (Å²) in [7, 11) is 0. The number of aromatic nitrogens is 3. The van der Waals surface area contributed by atoms with Crippen LogP contribution in [-0.4, -0.2) is 26.4 Å². The molecule has 0 unspecified atom stereocenters. The maximum Gasteiger partial charge on any atom is 0.234 e. The van der Waals surface area contributed by atoms with Gasteiger partial charge in [-0.3, -0.25) is 9.36 Å². The van der Waals surface area contributed by atoms with Gasteiger partial charge in [0.1, 0.15) is 12.4 Å². The van der Waals surface area contributed by atoms with E-state index in [4.69, 9.17) is 27.9 Å². The molecular formula is C25H22Cl2N4O2S. The Morgan fingerprint density at radius 2 is 1.97 bits per heavy atom. The third-order valence-corrected chi connectivity index (χ3v) is 6.85. The van der Waals surface area contributed by atoms with E-state index in [1.807, 2.05) is 35.8 Å². The molecule has 0 aliphatic heterocycles. The minimum absolute atomic E-state index is 0.153. The number of rotatable bonds is 9. The highest BCUT2D eigenvalue weighted by Crippen LogP contribution is 2.28. The summed E-state index contributed by atoms with van der Waals surface area (Å²) >= 11 is 13.2. The fourth-order valence-corrected chi connectivity index (χ4v) is 4.52. The first kappa shape index (κ1) is 24.1. The van der Waals surface area contributed by atoms with Crippen LogP contribution in [0.5, 0.6) is 5.75 Å². The van der Waals surface area contributed by atoms with Gasteiger partial charge in [-0.25, -0.2) is 0 Å². The average Bonchev–Trinajstić information content (AvgIpc) is 3.21. The number of fused-ring (bicyclic) bond motifs is 1. The maximum absolute atomic E-state index is 12.4. The van der Waals surface area contributed by atoms with Crippen molar-refractivity contribution in [3.8, 4) is 5.75 Å². The zero-order chi connectivity index (χ0) is 24.1. The van der Waals surface area contributed by atoms with Crippen LogP contribution in [0.3, 0.4) is 0 Å². The van der Waals surface area contributed by atoms with E-state index in [0.29, 0.717) is 33.3 Å². The fourth-order valence-electron chi connectivity index (χ4n) is 3.45. The second-order valence-corrected chi connectivity index (χ2v) is 9.22. The van der Waals surface area contributed by atoms with Gasteiger partial charge < -0.3 is 10.1 Å². The summed E-state index contributed by atoms with van der Waals surface area (Å²) in [6.07, 6.45) is 1.76. The van der Waals surface area contributed by atoms with E-state index >= 15 is 0 Å². The number of nitrogens with zero attached hydrogens (tertiary/aromatic N) is 3. The Bertz CT molecular complexity index is 1360. The van der Waals surface area contributed by atoms with E-state index in [9.17, 15) is 4.79 Å². The van der Waals surface area contributed by atoms with E-state index in [0.717, 1.165) is 16.7 Å². The van der Waals surface area contributed by atoms with Crippen molar-refractivity contribution < 1.29 is 9.53 Å². The number of nitrogens with one attached hydrogen (secondary N) is 1. The fraction of sp³-hybridized carbons (Fsp3) is 0.160. The second-order valence-electron chi connectivity index (χ2n) is 7.46. The van der Waals surface area contributed by atoms with Crippen LogP contribution in [0.4, 0.5) is 5.69 Å². The normalized spacial score (nSPS) is 10.9. The molecule has 0 bridgehead atoms. The van der Waals surface area contributed by atoms with Gasteiger partial charge in [-0.05, 0) is 47.5 Å². The molecule has 0 fully saturated rings. The number of carbonyl (C=O) groups is 1. The van der Waals surface area contributed by atoms with Crippen LogP contribution >= 0.6 is 35.0 Å². The lowest BCUT2D eigenvalue weighted by Gasteiger charge is -2.12. The summed E-state index contributed by atoms with van der Waals surface area (Å²) in [6.45, 7) is 6.61. The summed E-state index contributed by atoms with van der Waals surface area (Å²) in [5, 5.41) is 15.1. The van der Waals surface area contributed by atoms with Crippen molar-refractivity contribution in [1.29, 1.82) is 0 Å². The summed E-state index contributed by atoms with van der Waals surface area (Å²) in [5.41, 5.74) is 1.65. The smallest absolute Gasteiger partial charge is 0.234 e. The molecule has 1 N–H and O–H groups in total. The Kier molecular flexibility index (Phi) is 7.77. The van der Waals surface area contributed by atoms with Crippen molar-refractivity contribution in [1.82, 2.24) is 14.8 Å². The topological polar surface area (TPSA) is 69.0 Å². The highest BCUT2D eigenvalue weighted by Gasteiger charge is 2.15. The second kappa shape index (κ2) is 11.0. The quantitative estimate of drug-likeness (QED) is 0.203. The van der Waals surface area contributed by atoms with Gasteiger partial charge in [0.25, 0.3) is 0 Å². The number of hydrogen-bond donors (Lipinski definition) is 1. The first-order valence-electron chi connectivity index (χ1n) is 10.5. The number of carbonyl (C=O) groups excluding carboxylic acids is 1. The Balaban J connectivity index is 1.42. The summed E-state index contributed by atoms with van der Waals surface area (Å²) in [6, 6.07) is 17.1. The molecule has 4 rings (SSSR count). The Morgan fingerprint density at radius 1 is 1.15 bits per heavy atom. The third kappa shape index (κ3) is 5.55. The third-order valence-electron chi connectivity index (χ3n) is 5.15. The van der Waals surface area contributed by atoms with Crippen molar-refractivity contribution in [2.24, 2.45) is 0 Å². The van der Waals surface area contributed by atoms with Crippen LogP contribution in [0.1, 0.15) is 11.4 Å². The van der Waals surface area contributed by atoms with Gasteiger partial charge in [0.05, 0.1) is 15.8 Å². The van der Waals surface area contributed by atoms with Crippen LogP contribution in [-0.2, 0) is 17.9 Å². The monoisotopic (exact) mass is 512 g/mol. The molecule has 4 aromatic rings. The van der Waals surface area contributed by atoms with Crippen molar-refractivity contribution >= 4 is 57.3 Å². The number of aryl methyl sites for hydroxylation is 1. The minimum atomic E-state index is -0.193. The van der Waals surface area contributed by atoms with Gasteiger partial charge in [0.2, 0.25) is 5.91 Å². The first-order valence-corrected chi connectivity index (χ1v) is 12.2. The molecule has 0 radical (unpaired) electrons. The number of benzene rings is 3. The molecule has 1 heterocycles. The summed E-state index contributed by atoms with van der Waals surface area (Å²) in [5.74, 6) is 1.41. The molecule has 174 valence electrons. The largest absolute Gasteiger partial charge is 0.485 e. The molecule has 0 aliphatic rings. The molecule has 0 saturated heterocycles. The van der Waals surface area contributed by atoms with E-state index in [1.54, 1.807) is 24.3 Å². The molecule has 0 atom stereocenters. The molecule has 0 spiro atoms. The molecule has 3 aromatic carbocycles. The molecule has 6 nitrogen and oxygen atoms in total. The standard InChI is InChI=1S/C25H22Cl2N4O2S/c1-3-12-31-23(14-33-22-11-8-17-6-4-5-7-19(17)16(22)2)29-30-25(31)34-15-24(32)28-18-9-10-20(26)21(27)13-18/h3-11,13H,1,12,14-15H2,2H3,(H,28,32). The first-order chi connectivity index (χ1) is 16.5. The van der Waals surface area contributed by atoms with Gasteiger partial charge in [-0.15, -0.1) is 16.8 Å². The van der Waals surface area contributed by atoms with E-state index < -0.39 is 0 Å². The van der Waals surface area contributed by atoms with Crippen LogP contribution in [0.25, 0.3) is 10.8 Å². The Morgan fingerprint density at radius 3 is 2.76 bits per heavy atom. The predicted octanol–water partition coefficient (Wildman–Crippen LogP) is 6.54. The van der Waals surface area contributed by atoms with Crippen LogP contribution < -0.4 is 10.1 Å². The van der Waals surface area contributed by atoms with Gasteiger partial charge in [-0.2, -0.15) is 0 Å². The number of amides is 1. The average molecular weight is 513 g/mol. The Labute approximate surface area is 211 Å². The molecule has 9 heteroatoms. The molecular weight excluding hydrogens is 491 g/mol. The SMILES string of the molecule is C=CCn1c(COc2ccc3ccccc3c2C)nnc1SCC(=O)Nc1ccc(Cl)c(Cl)c1. The van der Waals surface area contributed by atoms with E-state index in [2.05, 4.69) is 34.2 Å². The lowest BCUT2D eigenvalue weighted by molar-refractivity contribution is -0.113. The Hall–Kier alpha value is -3.00. The molecule has 1 amide bonds.